The maximum atomic E-state index is 6.08. The van der Waals surface area contributed by atoms with Crippen LogP contribution in [0.3, 0.4) is 0 Å². The fourth-order valence-electron chi connectivity index (χ4n) is 2.66. The first-order valence-corrected chi connectivity index (χ1v) is 8.13. The zero-order chi connectivity index (χ0) is 14.2. The van der Waals surface area contributed by atoms with Crippen molar-refractivity contribution >= 4 is 22.5 Å². The lowest BCUT2D eigenvalue weighted by molar-refractivity contribution is 0.352. The first kappa shape index (κ1) is 12.9. The van der Waals surface area contributed by atoms with Crippen LogP contribution in [0.1, 0.15) is 11.8 Å². The Balaban J connectivity index is 1.70. The topological polar surface area (TPSA) is 64.9 Å². The van der Waals surface area contributed by atoms with Gasteiger partial charge in [0.25, 0.3) is 0 Å². The summed E-state index contributed by atoms with van der Waals surface area (Å²) in [7, 11) is 0. The normalized spacial score (nSPS) is 22.0. The van der Waals surface area contributed by atoms with E-state index in [2.05, 4.69) is 34.4 Å². The lowest BCUT2D eigenvalue weighted by Crippen LogP contribution is -2.26. The van der Waals surface area contributed by atoms with Gasteiger partial charge in [-0.15, -0.1) is 0 Å². The van der Waals surface area contributed by atoms with E-state index in [1.807, 2.05) is 30.0 Å². The van der Waals surface area contributed by atoms with Crippen LogP contribution in [0.2, 0.25) is 0 Å². The molecule has 4 nitrogen and oxygen atoms in total. The standard InChI is InChI=1S/C16H15N3OS/c17-14-9-21-8-13(14)16-18-15(19-20-16)12-6-5-10-3-1-2-4-11(10)7-12/h1-7,13-14H,8-9,17H2. The number of aromatic nitrogens is 2. The molecule has 21 heavy (non-hydrogen) atoms. The Bertz CT molecular complexity index is 786. The van der Waals surface area contributed by atoms with Crippen molar-refractivity contribution in [2.45, 2.75) is 12.0 Å². The third-order valence-corrected chi connectivity index (χ3v) is 5.11. The summed E-state index contributed by atoms with van der Waals surface area (Å²) < 4.78 is 5.43. The lowest BCUT2D eigenvalue weighted by atomic mass is 10.0. The smallest absolute Gasteiger partial charge is 0.232 e. The van der Waals surface area contributed by atoms with Crippen molar-refractivity contribution in [2.24, 2.45) is 5.73 Å². The van der Waals surface area contributed by atoms with Crippen molar-refractivity contribution in [3.63, 3.8) is 0 Å². The minimum atomic E-state index is 0.111. The number of nitrogens with two attached hydrogens (primary N) is 1. The Labute approximate surface area is 126 Å². The number of hydrogen-bond acceptors (Lipinski definition) is 5. The second kappa shape index (κ2) is 5.16. The molecule has 2 N–H and O–H groups in total. The molecule has 1 aromatic heterocycles. The lowest BCUT2D eigenvalue weighted by Gasteiger charge is -2.07. The average Bonchev–Trinajstić information content (AvgIpc) is 3.15. The van der Waals surface area contributed by atoms with Crippen LogP contribution < -0.4 is 5.73 Å². The fraction of sp³-hybridized carbons (Fsp3) is 0.250. The summed E-state index contributed by atoms with van der Waals surface area (Å²) in [6, 6.07) is 14.6. The summed E-state index contributed by atoms with van der Waals surface area (Å²) in [5.74, 6) is 3.39. The highest BCUT2D eigenvalue weighted by molar-refractivity contribution is 7.99. The first-order valence-electron chi connectivity index (χ1n) is 6.97. The Morgan fingerprint density at radius 1 is 1.10 bits per heavy atom. The highest BCUT2D eigenvalue weighted by Crippen LogP contribution is 2.32. The van der Waals surface area contributed by atoms with Gasteiger partial charge in [-0.25, -0.2) is 0 Å². The first-order chi connectivity index (χ1) is 10.3. The quantitative estimate of drug-likeness (QED) is 0.787. The molecule has 0 spiro atoms. The van der Waals surface area contributed by atoms with Gasteiger partial charge in [0, 0.05) is 23.1 Å². The molecule has 5 heteroatoms. The molecule has 0 amide bonds. The van der Waals surface area contributed by atoms with E-state index >= 15 is 0 Å². The maximum Gasteiger partial charge on any atom is 0.232 e. The number of nitrogens with zero attached hydrogens (tertiary/aromatic N) is 2. The number of rotatable bonds is 2. The number of thioether (sulfide) groups is 1. The SMILES string of the molecule is NC1CSCC1c1nc(-c2ccc3ccccc3c2)no1. The third-order valence-electron chi connectivity index (χ3n) is 3.89. The van der Waals surface area contributed by atoms with Crippen LogP contribution in [-0.4, -0.2) is 27.7 Å². The van der Waals surface area contributed by atoms with E-state index in [0.29, 0.717) is 11.7 Å². The minimum absolute atomic E-state index is 0.111. The second-order valence-electron chi connectivity index (χ2n) is 5.33. The minimum Gasteiger partial charge on any atom is -0.339 e. The van der Waals surface area contributed by atoms with Crippen molar-refractivity contribution in [1.29, 1.82) is 0 Å². The summed E-state index contributed by atoms with van der Waals surface area (Å²) in [5, 5.41) is 6.50. The molecule has 2 unspecified atom stereocenters. The zero-order valence-corrected chi connectivity index (χ0v) is 12.2. The van der Waals surface area contributed by atoms with Crippen LogP contribution >= 0.6 is 11.8 Å². The summed E-state index contributed by atoms with van der Waals surface area (Å²) in [4.78, 5) is 4.55. The molecule has 106 valence electrons. The van der Waals surface area contributed by atoms with Crippen molar-refractivity contribution < 1.29 is 4.52 Å². The van der Waals surface area contributed by atoms with Crippen LogP contribution in [0, 0.1) is 0 Å². The molecular weight excluding hydrogens is 282 g/mol. The van der Waals surface area contributed by atoms with Gasteiger partial charge in [-0.05, 0) is 16.8 Å². The molecule has 0 saturated carbocycles. The average molecular weight is 297 g/mol. The Kier molecular flexibility index (Phi) is 3.16. The van der Waals surface area contributed by atoms with E-state index in [-0.39, 0.29) is 12.0 Å². The molecule has 0 bridgehead atoms. The number of benzene rings is 2. The van der Waals surface area contributed by atoms with E-state index in [4.69, 9.17) is 10.3 Å². The largest absolute Gasteiger partial charge is 0.339 e. The van der Waals surface area contributed by atoms with Crippen LogP contribution in [-0.2, 0) is 0 Å². The van der Waals surface area contributed by atoms with Gasteiger partial charge in [0.2, 0.25) is 11.7 Å². The van der Waals surface area contributed by atoms with Crippen LogP contribution in [0.4, 0.5) is 0 Å². The van der Waals surface area contributed by atoms with Gasteiger partial charge in [-0.1, -0.05) is 41.6 Å². The second-order valence-corrected chi connectivity index (χ2v) is 6.40. The Hall–Kier alpha value is -1.85. The predicted molar refractivity (Wildman–Crippen MR) is 85.3 cm³/mol. The van der Waals surface area contributed by atoms with Gasteiger partial charge >= 0.3 is 0 Å². The number of hydrogen-bond donors (Lipinski definition) is 1. The van der Waals surface area contributed by atoms with Crippen molar-refractivity contribution in [3.8, 4) is 11.4 Å². The molecule has 1 aliphatic rings. The van der Waals surface area contributed by atoms with Gasteiger partial charge < -0.3 is 10.3 Å². The highest BCUT2D eigenvalue weighted by Gasteiger charge is 2.30. The molecule has 0 aliphatic carbocycles. The van der Waals surface area contributed by atoms with Crippen molar-refractivity contribution in [1.82, 2.24) is 10.1 Å². The van der Waals surface area contributed by atoms with Gasteiger partial charge in [-0.2, -0.15) is 16.7 Å². The summed E-state index contributed by atoms with van der Waals surface area (Å²) in [5.41, 5.74) is 7.06. The van der Waals surface area contributed by atoms with Gasteiger partial charge in [0.1, 0.15) is 0 Å². The van der Waals surface area contributed by atoms with Crippen molar-refractivity contribution in [2.75, 3.05) is 11.5 Å². The van der Waals surface area contributed by atoms with E-state index in [1.165, 1.54) is 10.8 Å². The monoisotopic (exact) mass is 297 g/mol. The Morgan fingerprint density at radius 3 is 2.76 bits per heavy atom. The summed E-state index contributed by atoms with van der Waals surface area (Å²) in [6.45, 7) is 0. The van der Waals surface area contributed by atoms with E-state index in [9.17, 15) is 0 Å². The molecule has 2 heterocycles. The number of fused-ring (bicyclic) bond motifs is 1. The molecule has 1 aliphatic heterocycles. The molecule has 0 radical (unpaired) electrons. The molecule has 4 rings (SSSR count). The molecule has 1 saturated heterocycles. The van der Waals surface area contributed by atoms with Crippen LogP contribution in [0.15, 0.2) is 47.0 Å². The van der Waals surface area contributed by atoms with Crippen molar-refractivity contribution in [3.05, 3.63) is 48.4 Å². The predicted octanol–water partition coefficient (Wildman–Crippen LogP) is 3.05. The van der Waals surface area contributed by atoms with E-state index in [1.54, 1.807) is 0 Å². The highest BCUT2D eigenvalue weighted by atomic mass is 32.2. The van der Waals surface area contributed by atoms with Gasteiger partial charge in [0.05, 0.1) is 5.92 Å². The van der Waals surface area contributed by atoms with Gasteiger partial charge in [0.15, 0.2) is 0 Å². The summed E-state index contributed by atoms with van der Waals surface area (Å²) >= 11 is 1.84. The molecule has 1 fully saturated rings. The Morgan fingerprint density at radius 2 is 1.95 bits per heavy atom. The summed E-state index contributed by atoms with van der Waals surface area (Å²) in [6.07, 6.45) is 0. The molecule has 2 atom stereocenters. The molecule has 3 aromatic rings. The van der Waals surface area contributed by atoms with E-state index < -0.39 is 0 Å². The van der Waals surface area contributed by atoms with Crippen LogP contribution in [0.25, 0.3) is 22.2 Å². The molecule has 2 aromatic carbocycles. The third kappa shape index (κ3) is 2.32. The van der Waals surface area contributed by atoms with Crippen LogP contribution in [0.5, 0.6) is 0 Å². The fourth-order valence-corrected chi connectivity index (χ4v) is 3.94. The zero-order valence-electron chi connectivity index (χ0n) is 11.4. The maximum absolute atomic E-state index is 6.08. The molecular formula is C16H15N3OS. The van der Waals surface area contributed by atoms with E-state index in [0.717, 1.165) is 17.1 Å². The van der Waals surface area contributed by atoms with Gasteiger partial charge in [-0.3, -0.25) is 0 Å².